The Bertz CT molecular complexity index is 607. The average Bonchev–Trinajstić information content (AvgIpc) is 2.39. The van der Waals surface area contributed by atoms with Crippen LogP contribution in [0.4, 0.5) is 4.39 Å². The van der Waals surface area contributed by atoms with Crippen molar-refractivity contribution in [1.82, 2.24) is 0 Å². The van der Waals surface area contributed by atoms with Crippen LogP contribution < -0.4 is 0 Å². The van der Waals surface area contributed by atoms with Gasteiger partial charge in [-0.05, 0) is 29.8 Å². The fraction of sp³-hybridized carbons (Fsp3) is 0.0714. The van der Waals surface area contributed by atoms with Crippen LogP contribution >= 0.6 is 23.4 Å². The van der Waals surface area contributed by atoms with E-state index >= 15 is 0 Å². The summed E-state index contributed by atoms with van der Waals surface area (Å²) < 4.78 is 13.0. The topological polar surface area (TPSA) is 23.8 Å². The van der Waals surface area contributed by atoms with E-state index in [0.717, 1.165) is 10.5 Å². The van der Waals surface area contributed by atoms with Crippen molar-refractivity contribution < 1.29 is 4.39 Å². The van der Waals surface area contributed by atoms with Gasteiger partial charge in [0.2, 0.25) is 0 Å². The van der Waals surface area contributed by atoms with Crippen molar-refractivity contribution in [1.29, 1.82) is 5.26 Å². The molecule has 0 spiro atoms. The van der Waals surface area contributed by atoms with Crippen LogP contribution in [-0.2, 0) is 5.75 Å². The molecular weight excluding hydrogens is 269 g/mol. The maximum absolute atomic E-state index is 13.0. The highest BCUT2D eigenvalue weighted by atomic mass is 35.5. The lowest BCUT2D eigenvalue weighted by atomic mass is 10.2. The van der Waals surface area contributed by atoms with E-state index in [2.05, 4.69) is 0 Å². The van der Waals surface area contributed by atoms with Crippen molar-refractivity contribution >= 4 is 23.4 Å². The third-order valence-corrected chi connectivity index (χ3v) is 3.89. The quantitative estimate of drug-likeness (QED) is 0.763. The molecule has 2 aromatic rings. The number of halogens is 2. The van der Waals surface area contributed by atoms with Crippen molar-refractivity contribution in [3.05, 3.63) is 64.4 Å². The molecule has 0 unspecified atom stereocenters. The number of hydrogen-bond acceptors (Lipinski definition) is 2. The standard InChI is InChI=1S/C14H9ClFNS/c15-13-4-2-1-3-10(13)9-18-14-6-5-12(16)7-11(14)8-17/h1-7H,9H2. The Morgan fingerprint density at radius 2 is 2.00 bits per heavy atom. The molecule has 0 aliphatic carbocycles. The highest BCUT2D eigenvalue weighted by Crippen LogP contribution is 2.29. The van der Waals surface area contributed by atoms with Gasteiger partial charge in [0.15, 0.2) is 0 Å². The molecule has 0 bridgehead atoms. The molecule has 0 radical (unpaired) electrons. The Hall–Kier alpha value is -1.50. The first-order chi connectivity index (χ1) is 8.70. The molecule has 1 nitrogen and oxygen atoms in total. The minimum Gasteiger partial charge on any atom is -0.207 e. The Kier molecular flexibility index (Phi) is 4.24. The fourth-order valence-corrected chi connectivity index (χ4v) is 2.76. The second-order valence-corrected chi connectivity index (χ2v) is 5.06. The lowest BCUT2D eigenvalue weighted by Gasteiger charge is -2.05. The predicted octanol–water partition coefficient (Wildman–Crippen LogP) is 4.64. The summed E-state index contributed by atoms with van der Waals surface area (Å²) in [5, 5.41) is 9.64. The monoisotopic (exact) mass is 277 g/mol. The number of thioether (sulfide) groups is 1. The largest absolute Gasteiger partial charge is 0.207 e. The third-order valence-electron chi connectivity index (χ3n) is 2.40. The summed E-state index contributed by atoms with van der Waals surface area (Å²) in [5.41, 5.74) is 1.35. The van der Waals surface area contributed by atoms with E-state index in [9.17, 15) is 4.39 Å². The fourth-order valence-electron chi connectivity index (χ4n) is 1.49. The van der Waals surface area contributed by atoms with Gasteiger partial charge >= 0.3 is 0 Å². The van der Waals surface area contributed by atoms with Gasteiger partial charge in [-0.2, -0.15) is 5.26 Å². The molecule has 90 valence electrons. The lowest BCUT2D eigenvalue weighted by molar-refractivity contribution is 0.626. The summed E-state index contributed by atoms with van der Waals surface area (Å²) in [4.78, 5) is 0.763. The van der Waals surface area contributed by atoms with Gasteiger partial charge in [0.25, 0.3) is 0 Å². The zero-order valence-corrected chi connectivity index (χ0v) is 10.9. The minimum absolute atomic E-state index is 0.354. The highest BCUT2D eigenvalue weighted by Gasteiger charge is 2.06. The van der Waals surface area contributed by atoms with Crippen LogP contribution in [0.1, 0.15) is 11.1 Å². The van der Waals surface area contributed by atoms with Gasteiger partial charge in [-0.15, -0.1) is 11.8 Å². The van der Waals surface area contributed by atoms with Gasteiger partial charge in [-0.3, -0.25) is 0 Å². The molecule has 2 rings (SSSR count). The normalized spacial score (nSPS) is 10.1. The van der Waals surface area contributed by atoms with Gasteiger partial charge in [0, 0.05) is 15.7 Å². The van der Waals surface area contributed by atoms with Crippen LogP contribution in [0.25, 0.3) is 0 Å². The first-order valence-corrected chi connectivity index (χ1v) is 6.63. The van der Waals surface area contributed by atoms with E-state index in [1.807, 2.05) is 30.3 Å². The minimum atomic E-state index is -0.395. The zero-order valence-electron chi connectivity index (χ0n) is 9.36. The molecule has 0 atom stereocenters. The van der Waals surface area contributed by atoms with Crippen molar-refractivity contribution in [3.63, 3.8) is 0 Å². The average molecular weight is 278 g/mol. The molecule has 0 saturated carbocycles. The SMILES string of the molecule is N#Cc1cc(F)ccc1SCc1ccccc1Cl. The van der Waals surface area contributed by atoms with Gasteiger partial charge in [-0.25, -0.2) is 4.39 Å². The van der Waals surface area contributed by atoms with E-state index in [1.165, 1.54) is 23.9 Å². The molecule has 0 aromatic heterocycles. The Morgan fingerprint density at radius 1 is 1.22 bits per heavy atom. The molecular formula is C14H9ClFNS. The van der Waals surface area contributed by atoms with Crippen LogP contribution in [0.2, 0.25) is 5.02 Å². The number of hydrogen-bond donors (Lipinski definition) is 0. The lowest BCUT2D eigenvalue weighted by Crippen LogP contribution is -1.86. The maximum atomic E-state index is 13.0. The first kappa shape index (κ1) is 12.9. The number of nitrogens with zero attached hydrogens (tertiary/aromatic N) is 1. The molecule has 0 fully saturated rings. The summed E-state index contributed by atoms with van der Waals surface area (Å²) in [6.07, 6.45) is 0. The first-order valence-electron chi connectivity index (χ1n) is 5.26. The Balaban J connectivity index is 2.16. The summed E-state index contributed by atoms with van der Waals surface area (Å²) in [5.74, 6) is 0.258. The van der Waals surface area contributed by atoms with Crippen LogP contribution in [0, 0.1) is 17.1 Å². The van der Waals surface area contributed by atoms with E-state index in [1.54, 1.807) is 6.07 Å². The van der Waals surface area contributed by atoms with E-state index < -0.39 is 5.82 Å². The number of benzene rings is 2. The summed E-state index contributed by atoms with van der Waals surface area (Å²) in [6.45, 7) is 0. The smallest absolute Gasteiger partial charge is 0.124 e. The molecule has 0 saturated heterocycles. The van der Waals surface area contributed by atoms with Crippen molar-refractivity contribution in [3.8, 4) is 6.07 Å². The predicted molar refractivity (Wildman–Crippen MR) is 72.1 cm³/mol. The summed E-state index contributed by atoms with van der Waals surface area (Å²) in [7, 11) is 0. The van der Waals surface area contributed by atoms with E-state index in [0.29, 0.717) is 16.3 Å². The number of rotatable bonds is 3. The molecule has 4 heteroatoms. The molecule has 0 N–H and O–H groups in total. The van der Waals surface area contributed by atoms with Gasteiger partial charge in [-0.1, -0.05) is 29.8 Å². The molecule has 18 heavy (non-hydrogen) atoms. The van der Waals surface area contributed by atoms with Crippen LogP contribution in [0.15, 0.2) is 47.4 Å². The third kappa shape index (κ3) is 3.04. The van der Waals surface area contributed by atoms with Gasteiger partial charge in [0.1, 0.15) is 11.9 Å². The van der Waals surface area contributed by atoms with Gasteiger partial charge < -0.3 is 0 Å². The van der Waals surface area contributed by atoms with Crippen molar-refractivity contribution in [2.24, 2.45) is 0 Å². The van der Waals surface area contributed by atoms with E-state index in [4.69, 9.17) is 16.9 Å². The zero-order chi connectivity index (χ0) is 13.0. The molecule has 0 aliphatic heterocycles. The second kappa shape index (κ2) is 5.90. The Morgan fingerprint density at radius 3 is 2.72 bits per heavy atom. The van der Waals surface area contributed by atoms with Crippen LogP contribution in [0.5, 0.6) is 0 Å². The van der Waals surface area contributed by atoms with E-state index in [-0.39, 0.29) is 0 Å². The summed E-state index contributed by atoms with van der Waals surface area (Å²) >= 11 is 7.53. The van der Waals surface area contributed by atoms with Gasteiger partial charge in [0.05, 0.1) is 5.56 Å². The molecule has 2 aromatic carbocycles. The van der Waals surface area contributed by atoms with Crippen molar-refractivity contribution in [2.75, 3.05) is 0 Å². The molecule has 0 amide bonds. The maximum Gasteiger partial charge on any atom is 0.124 e. The molecule has 0 heterocycles. The van der Waals surface area contributed by atoms with Crippen LogP contribution in [0.3, 0.4) is 0 Å². The van der Waals surface area contributed by atoms with Crippen LogP contribution in [-0.4, -0.2) is 0 Å². The second-order valence-electron chi connectivity index (χ2n) is 3.63. The molecule has 0 aliphatic rings. The summed E-state index contributed by atoms with van der Waals surface area (Å²) in [6, 6.07) is 13.8. The highest BCUT2D eigenvalue weighted by molar-refractivity contribution is 7.98. The van der Waals surface area contributed by atoms with Crippen molar-refractivity contribution in [2.45, 2.75) is 10.6 Å². The number of nitriles is 1. The Labute approximate surface area is 114 Å².